The van der Waals surface area contributed by atoms with E-state index in [1.807, 2.05) is 30.1 Å². The van der Waals surface area contributed by atoms with Gasteiger partial charge in [-0.15, -0.1) is 0 Å². The van der Waals surface area contributed by atoms with Gasteiger partial charge in [0.2, 0.25) is 0 Å². The first-order chi connectivity index (χ1) is 10.3. The molecule has 1 aromatic carbocycles. The Bertz CT molecular complexity index is 833. The molecule has 0 radical (unpaired) electrons. The lowest BCUT2D eigenvalue weighted by molar-refractivity contribution is 0.420. The van der Waals surface area contributed by atoms with Crippen molar-refractivity contribution in [2.24, 2.45) is 0 Å². The molecule has 21 heavy (non-hydrogen) atoms. The van der Waals surface area contributed by atoms with Crippen LogP contribution < -0.4 is 9.64 Å². The molecular weight excluding hydrogens is 266 g/mol. The molecule has 0 unspecified atom stereocenters. The normalized spacial score (nSPS) is 10.7. The number of benzene rings is 1. The lowest BCUT2D eigenvalue weighted by Gasteiger charge is -2.16. The highest BCUT2D eigenvalue weighted by atomic mass is 16.5. The standard InChI is InChI=1S/C15H15N5O/c1-20(8-4-7-16)15-14-13(17-9-18-15)12-10(19-14)5-3-6-11(12)21-2/h3,5-6,9,19H,4,8H2,1-2H3. The van der Waals surface area contributed by atoms with E-state index in [0.29, 0.717) is 13.0 Å². The molecule has 6 nitrogen and oxygen atoms in total. The quantitative estimate of drug-likeness (QED) is 0.794. The number of anilines is 1. The van der Waals surface area contributed by atoms with E-state index in [-0.39, 0.29) is 0 Å². The van der Waals surface area contributed by atoms with Crippen LogP contribution in [0.25, 0.3) is 21.9 Å². The van der Waals surface area contributed by atoms with E-state index in [2.05, 4.69) is 21.0 Å². The van der Waals surface area contributed by atoms with Crippen LogP contribution in [0.2, 0.25) is 0 Å². The van der Waals surface area contributed by atoms with Gasteiger partial charge in [-0.2, -0.15) is 5.26 Å². The molecule has 0 spiro atoms. The van der Waals surface area contributed by atoms with Crippen LogP contribution in [-0.4, -0.2) is 35.7 Å². The van der Waals surface area contributed by atoms with Crippen LogP contribution in [0.15, 0.2) is 24.5 Å². The molecule has 0 amide bonds. The summed E-state index contributed by atoms with van der Waals surface area (Å²) in [6, 6.07) is 7.98. The van der Waals surface area contributed by atoms with Gasteiger partial charge in [0.1, 0.15) is 23.1 Å². The molecule has 0 aliphatic carbocycles. The minimum absolute atomic E-state index is 0.450. The van der Waals surface area contributed by atoms with E-state index in [0.717, 1.165) is 33.5 Å². The number of rotatable bonds is 4. The largest absolute Gasteiger partial charge is 0.496 e. The zero-order valence-electron chi connectivity index (χ0n) is 11.9. The molecule has 0 saturated heterocycles. The first kappa shape index (κ1) is 13.2. The van der Waals surface area contributed by atoms with Crippen molar-refractivity contribution in [3.05, 3.63) is 24.5 Å². The molecule has 0 atom stereocenters. The Kier molecular flexibility index (Phi) is 3.32. The summed E-state index contributed by atoms with van der Waals surface area (Å²) in [5.74, 6) is 1.57. The van der Waals surface area contributed by atoms with Crippen molar-refractivity contribution in [1.82, 2.24) is 15.0 Å². The average Bonchev–Trinajstić information content (AvgIpc) is 2.91. The van der Waals surface area contributed by atoms with Crippen LogP contribution in [0.3, 0.4) is 0 Å². The zero-order valence-corrected chi connectivity index (χ0v) is 11.9. The first-order valence-corrected chi connectivity index (χ1v) is 6.63. The van der Waals surface area contributed by atoms with E-state index in [9.17, 15) is 0 Å². The molecule has 0 bridgehead atoms. The summed E-state index contributed by atoms with van der Waals surface area (Å²) in [5, 5.41) is 9.68. The van der Waals surface area contributed by atoms with Crippen molar-refractivity contribution >= 4 is 27.8 Å². The Morgan fingerprint density at radius 2 is 2.24 bits per heavy atom. The monoisotopic (exact) mass is 281 g/mol. The average molecular weight is 281 g/mol. The maximum absolute atomic E-state index is 8.72. The number of hydrogen-bond donors (Lipinski definition) is 1. The van der Waals surface area contributed by atoms with E-state index in [4.69, 9.17) is 10.00 Å². The number of H-pyrrole nitrogens is 1. The Hall–Kier alpha value is -2.81. The molecule has 3 rings (SSSR count). The summed E-state index contributed by atoms with van der Waals surface area (Å²) in [7, 11) is 3.57. The summed E-state index contributed by atoms with van der Waals surface area (Å²) in [6.45, 7) is 0.620. The third kappa shape index (κ3) is 2.13. The molecule has 2 aromatic heterocycles. The summed E-state index contributed by atoms with van der Waals surface area (Å²) >= 11 is 0. The predicted octanol–water partition coefficient (Wildman–Crippen LogP) is 2.47. The fourth-order valence-corrected chi connectivity index (χ4v) is 2.48. The Balaban J connectivity index is 2.23. The number of nitrogens with one attached hydrogen (secondary N) is 1. The van der Waals surface area contributed by atoms with Gasteiger partial charge < -0.3 is 14.6 Å². The summed E-state index contributed by atoms with van der Waals surface area (Å²) < 4.78 is 5.42. The smallest absolute Gasteiger partial charge is 0.156 e. The number of methoxy groups -OCH3 is 1. The van der Waals surface area contributed by atoms with Gasteiger partial charge in [0.15, 0.2) is 5.82 Å². The fourth-order valence-electron chi connectivity index (χ4n) is 2.48. The molecule has 106 valence electrons. The molecule has 6 heteroatoms. The van der Waals surface area contributed by atoms with Crippen molar-refractivity contribution in [2.75, 3.05) is 25.6 Å². The van der Waals surface area contributed by atoms with Crippen LogP contribution in [-0.2, 0) is 0 Å². The van der Waals surface area contributed by atoms with Gasteiger partial charge in [0.05, 0.1) is 30.5 Å². The SMILES string of the molecule is COc1cccc2[nH]c3c(N(C)CCC#N)ncnc3c12. The van der Waals surface area contributed by atoms with Gasteiger partial charge in [0.25, 0.3) is 0 Å². The second kappa shape index (κ2) is 5.29. The molecule has 3 aromatic rings. The summed E-state index contributed by atoms with van der Waals surface area (Å²) in [6.07, 6.45) is 1.99. The van der Waals surface area contributed by atoms with Crippen molar-refractivity contribution in [3.8, 4) is 11.8 Å². The van der Waals surface area contributed by atoms with Crippen molar-refractivity contribution in [1.29, 1.82) is 5.26 Å². The molecule has 0 aliphatic heterocycles. The van der Waals surface area contributed by atoms with Crippen molar-refractivity contribution in [2.45, 2.75) is 6.42 Å². The molecule has 0 aliphatic rings. The zero-order chi connectivity index (χ0) is 14.8. The number of ether oxygens (including phenoxy) is 1. The van der Waals surface area contributed by atoms with Gasteiger partial charge in [-0.05, 0) is 12.1 Å². The summed E-state index contributed by atoms with van der Waals surface area (Å²) in [4.78, 5) is 14.0. The van der Waals surface area contributed by atoms with Gasteiger partial charge >= 0.3 is 0 Å². The number of nitrogens with zero attached hydrogens (tertiary/aromatic N) is 4. The second-order valence-electron chi connectivity index (χ2n) is 4.76. The molecule has 2 heterocycles. The lowest BCUT2D eigenvalue weighted by Crippen LogP contribution is -2.19. The van der Waals surface area contributed by atoms with Gasteiger partial charge in [0, 0.05) is 13.6 Å². The number of nitriles is 1. The van der Waals surface area contributed by atoms with Crippen LogP contribution >= 0.6 is 0 Å². The first-order valence-electron chi connectivity index (χ1n) is 6.63. The topological polar surface area (TPSA) is 77.8 Å². The number of aromatic amines is 1. The molecule has 0 fully saturated rings. The van der Waals surface area contributed by atoms with Gasteiger partial charge in [-0.25, -0.2) is 9.97 Å². The van der Waals surface area contributed by atoms with Gasteiger partial charge in [-0.3, -0.25) is 0 Å². The third-order valence-corrected chi connectivity index (χ3v) is 3.49. The fraction of sp³-hybridized carbons (Fsp3) is 0.267. The third-order valence-electron chi connectivity index (χ3n) is 3.49. The van der Waals surface area contributed by atoms with E-state index in [1.165, 1.54) is 0 Å². The lowest BCUT2D eigenvalue weighted by atomic mass is 10.2. The number of aromatic nitrogens is 3. The predicted molar refractivity (Wildman–Crippen MR) is 81.4 cm³/mol. The Morgan fingerprint density at radius 3 is 3.00 bits per heavy atom. The highest BCUT2D eigenvalue weighted by molar-refractivity contribution is 6.11. The maximum Gasteiger partial charge on any atom is 0.156 e. The van der Waals surface area contributed by atoms with E-state index < -0.39 is 0 Å². The second-order valence-corrected chi connectivity index (χ2v) is 4.76. The highest BCUT2D eigenvalue weighted by Gasteiger charge is 2.15. The van der Waals surface area contributed by atoms with E-state index in [1.54, 1.807) is 13.4 Å². The Labute approximate surface area is 122 Å². The van der Waals surface area contributed by atoms with Crippen LogP contribution in [0.4, 0.5) is 5.82 Å². The van der Waals surface area contributed by atoms with Crippen LogP contribution in [0, 0.1) is 11.3 Å². The van der Waals surface area contributed by atoms with Crippen LogP contribution in [0.1, 0.15) is 6.42 Å². The number of hydrogen-bond acceptors (Lipinski definition) is 5. The Morgan fingerprint density at radius 1 is 1.38 bits per heavy atom. The van der Waals surface area contributed by atoms with E-state index >= 15 is 0 Å². The molecular formula is C15H15N5O. The summed E-state index contributed by atoms with van der Waals surface area (Å²) in [5.41, 5.74) is 2.65. The molecule has 1 N–H and O–H groups in total. The van der Waals surface area contributed by atoms with Gasteiger partial charge in [-0.1, -0.05) is 6.07 Å². The minimum Gasteiger partial charge on any atom is -0.496 e. The van der Waals surface area contributed by atoms with Crippen molar-refractivity contribution < 1.29 is 4.74 Å². The van der Waals surface area contributed by atoms with Crippen LogP contribution in [0.5, 0.6) is 5.75 Å². The van der Waals surface area contributed by atoms with Crippen molar-refractivity contribution in [3.63, 3.8) is 0 Å². The number of fused-ring (bicyclic) bond motifs is 3. The minimum atomic E-state index is 0.450. The highest BCUT2D eigenvalue weighted by Crippen LogP contribution is 2.34. The molecule has 0 saturated carbocycles. The maximum atomic E-state index is 8.72.